The van der Waals surface area contributed by atoms with Crippen LogP contribution in [-0.2, 0) is 0 Å². The van der Waals surface area contributed by atoms with E-state index in [1.54, 1.807) is 13.0 Å². The fourth-order valence-corrected chi connectivity index (χ4v) is 5.75. The van der Waals surface area contributed by atoms with Crippen molar-refractivity contribution < 1.29 is 18.4 Å². The van der Waals surface area contributed by atoms with Crippen molar-refractivity contribution in [3.05, 3.63) is 53.5 Å². The minimum Gasteiger partial charge on any atom is -0.490 e. The molecule has 3 heterocycles. The number of aromatic nitrogens is 1. The van der Waals surface area contributed by atoms with E-state index >= 15 is 0 Å². The number of halogens is 1. The summed E-state index contributed by atoms with van der Waals surface area (Å²) in [4.78, 5) is 14.3. The van der Waals surface area contributed by atoms with Crippen LogP contribution in [0.1, 0.15) is 61.5 Å². The van der Waals surface area contributed by atoms with Crippen LogP contribution in [0.4, 0.5) is 10.1 Å². The van der Waals surface area contributed by atoms with Gasteiger partial charge in [0.1, 0.15) is 18.2 Å². The Balaban J connectivity index is 1.27. The second-order valence-electron chi connectivity index (χ2n) is 9.39. The minimum atomic E-state index is -0.300. The van der Waals surface area contributed by atoms with Crippen molar-refractivity contribution in [2.24, 2.45) is 0 Å². The molecule has 0 radical (unpaired) electrons. The summed E-state index contributed by atoms with van der Waals surface area (Å²) in [6.45, 7) is 4.37. The molecular formula is C26H30FN3O3. The highest BCUT2D eigenvalue weighted by molar-refractivity contribution is 5.95. The van der Waals surface area contributed by atoms with Crippen LogP contribution in [-0.4, -0.2) is 47.6 Å². The molecule has 0 saturated carbocycles. The topological polar surface area (TPSA) is 67.6 Å². The predicted molar refractivity (Wildman–Crippen MR) is 126 cm³/mol. The third kappa shape index (κ3) is 4.10. The molecule has 2 aliphatic rings. The van der Waals surface area contributed by atoms with Crippen molar-refractivity contribution in [1.82, 2.24) is 10.1 Å². The number of carbonyl (C=O) groups excluding carboxylic acids is 1. The molecule has 3 unspecified atom stereocenters. The largest absolute Gasteiger partial charge is 0.490 e. The van der Waals surface area contributed by atoms with Gasteiger partial charge in [-0.25, -0.2) is 4.39 Å². The number of nitrogens with one attached hydrogen (secondary N) is 1. The second kappa shape index (κ2) is 8.78. The molecule has 1 aromatic heterocycles. The number of rotatable bonds is 7. The van der Waals surface area contributed by atoms with Gasteiger partial charge in [0.25, 0.3) is 0 Å². The number of hydrogen-bond donors (Lipinski definition) is 1. The summed E-state index contributed by atoms with van der Waals surface area (Å²) in [7, 11) is 1.84. The normalized spacial score (nSPS) is 23.6. The number of nitrogens with zero attached hydrogens (tertiary/aromatic N) is 2. The Hall–Kier alpha value is -2.93. The fourth-order valence-electron chi connectivity index (χ4n) is 5.75. The first-order valence-corrected chi connectivity index (χ1v) is 11.7. The Labute approximate surface area is 193 Å². The van der Waals surface area contributed by atoms with E-state index in [1.165, 1.54) is 25.0 Å². The molecule has 2 fully saturated rings. The van der Waals surface area contributed by atoms with E-state index in [-0.39, 0.29) is 17.6 Å². The summed E-state index contributed by atoms with van der Waals surface area (Å²) in [5.74, 6) is 0.827. The third-order valence-corrected chi connectivity index (χ3v) is 7.28. The first kappa shape index (κ1) is 21.9. The highest BCUT2D eigenvalue weighted by Crippen LogP contribution is 2.45. The average molecular weight is 452 g/mol. The molecule has 33 heavy (non-hydrogen) atoms. The van der Waals surface area contributed by atoms with E-state index in [0.29, 0.717) is 35.8 Å². The third-order valence-electron chi connectivity index (χ3n) is 7.28. The van der Waals surface area contributed by atoms with Gasteiger partial charge >= 0.3 is 0 Å². The van der Waals surface area contributed by atoms with E-state index in [0.717, 1.165) is 35.4 Å². The maximum atomic E-state index is 13.5. The number of ether oxygens (including phenoxy) is 1. The van der Waals surface area contributed by atoms with Crippen molar-refractivity contribution in [2.75, 3.05) is 19.0 Å². The van der Waals surface area contributed by atoms with Crippen molar-refractivity contribution in [2.45, 2.75) is 63.6 Å². The first-order chi connectivity index (χ1) is 15.9. The van der Waals surface area contributed by atoms with Gasteiger partial charge < -0.3 is 14.6 Å². The molecule has 2 aromatic carbocycles. The molecule has 0 spiro atoms. The van der Waals surface area contributed by atoms with Crippen molar-refractivity contribution in [1.29, 1.82) is 0 Å². The SMILES string of the molecule is CNc1cc(C(C)=O)ccc1OCC(C)N1C2CCC1CC(c1noc3cc(F)ccc13)C2. The Kier molecular flexibility index (Phi) is 5.83. The Morgan fingerprint density at radius 3 is 2.70 bits per heavy atom. The van der Waals surface area contributed by atoms with Crippen LogP contribution >= 0.6 is 0 Å². The number of hydrogen-bond acceptors (Lipinski definition) is 6. The molecule has 1 N–H and O–H groups in total. The smallest absolute Gasteiger partial charge is 0.170 e. The molecule has 3 aromatic rings. The van der Waals surface area contributed by atoms with Gasteiger partial charge in [-0.3, -0.25) is 9.69 Å². The summed E-state index contributed by atoms with van der Waals surface area (Å²) in [6, 6.07) is 11.4. The van der Waals surface area contributed by atoms with Gasteiger partial charge in [0.15, 0.2) is 11.4 Å². The molecule has 5 rings (SSSR count). The van der Waals surface area contributed by atoms with Gasteiger partial charge in [-0.05, 0) is 69.9 Å². The molecule has 174 valence electrons. The van der Waals surface area contributed by atoms with Gasteiger partial charge in [0.2, 0.25) is 0 Å². The molecule has 3 atom stereocenters. The van der Waals surface area contributed by atoms with Gasteiger partial charge in [-0.2, -0.15) is 0 Å². The highest BCUT2D eigenvalue weighted by atomic mass is 19.1. The second-order valence-corrected chi connectivity index (χ2v) is 9.39. The standard InChI is InChI=1S/C26H30FN3O3/c1-15(14-32-24-9-4-17(16(2)31)12-23(24)28-3)30-20-6-7-21(30)11-18(10-20)26-22-8-5-19(27)13-25(22)33-29-26/h4-5,8-9,12-13,15,18,20-21,28H,6-7,10-11,14H2,1-3H3. The Bertz CT molecular complexity index is 1160. The molecule has 0 aliphatic carbocycles. The molecule has 2 saturated heterocycles. The van der Waals surface area contributed by atoms with Crippen LogP contribution in [0, 0.1) is 5.82 Å². The summed E-state index contributed by atoms with van der Waals surface area (Å²) in [6.07, 6.45) is 4.39. The first-order valence-electron chi connectivity index (χ1n) is 11.7. The lowest BCUT2D eigenvalue weighted by molar-refractivity contribution is 0.0574. The molecule has 6 nitrogen and oxygen atoms in total. The number of ketones is 1. The zero-order valence-electron chi connectivity index (χ0n) is 19.3. The number of anilines is 1. The van der Waals surface area contributed by atoms with Gasteiger partial charge in [0, 0.05) is 48.1 Å². The van der Waals surface area contributed by atoms with Gasteiger partial charge in [0.05, 0.1) is 11.4 Å². The van der Waals surface area contributed by atoms with E-state index in [9.17, 15) is 9.18 Å². The van der Waals surface area contributed by atoms with E-state index < -0.39 is 0 Å². The summed E-state index contributed by atoms with van der Waals surface area (Å²) < 4.78 is 25.2. The predicted octanol–water partition coefficient (Wildman–Crippen LogP) is 5.39. The summed E-state index contributed by atoms with van der Waals surface area (Å²) >= 11 is 0. The Morgan fingerprint density at radius 1 is 1.24 bits per heavy atom. The number of piperidine rings is 1. The maximum absolute atomic E-state index is 13.5. The molecule has 2 aliphatic heterocycles. The number of carbonyl (C=O) groups is 1. The number of fused-ring (bicyclic) bond motifs is 3. The number of benzene rings is 2. The fraction of sp³-hybridized carbons (Fsp3) is 0.462. The van der Waals surface area contributed by atoms with Crippen molar-refractivity contribution >= 4 is 22.4 Å². The monoisotopic (exact) mass is 451 g/mol. The lowest BCUT2D eigenvalue weighted by Gasteiger charge is -2.42. The van der Waals surface area contributed by atoms with Crippen molar-refractivity contribution in [3.8, 4) is 5.75 Å². The van der Waals surface area contributed by atoms with E-state index in [2.05, 4.69) is 22.3 Å². The van der Waals surface area contributed by atoms with Crippen LogP contribution in [0.25, 0.3) is 11.0 Å². The lowest BCUT2D eigenvalue weighted by Crippen LogP contribution is -2.49. The lowest BCUT2D eigenvalue weighted by atomic mass is 9.86. The number of Topliss-reactive ketones (excluding diaryl/α,β-unsaturated/α-hetero) is 1. The van der Waals surface area contributed by atoms with Crippen molar-refractivity contribution in [3.63, 3.8) is 0 Å². The average Bonchev–Trinajstić information content (AvgIpc) is 3.34. The molecule has 2 bridgehead atoms. The zero-order valence-corrected chi connectivity index (χ0v) is 19.3. The van der Waals surface area contributed by atoms with Crippen LogP contribution in [0.2, 0.25) is 0 Å². The van der Waals surface area contributed by atoms with Gasteiger partial charge in [-0.15, -0.1) is 0 Å². The van der Waals surface area contributed by atoms with E-state index in [4.69, 9.17) is 9.26 Å². The highest BCUT2D eigenvalue weighted by Gasteiger charge is 2.44. The van der Waals surface area contributed by atoms with Gasteiger partial charge in [-0.1, -0.05) is 5.16 Å². The minimum absolute atomic E-state index is 0.0379. The van der Waals surface area contributed by atoms with E-state index in [1.807, 2.05) is 25.2 Å². The van der Waals surface area contributed by atoms with Crippen LogP contribution in [0.5, 0.6) is 5.75 Å². The van der Waals surface area contributed by atoms with Crippen LogP contribution in [0.3, 0.4) is 0 Å². The van der Waals surface area contributed by atoms with Crippen LogP contribution in [0.15, 0.2) is 40.9 Å². The molecule has 0 amide bonds. The quantitative estimate of drug-likeness (QED) is 0.486. The molecular weight excluding hydrogens is 421 g/mol. The summed E-state index contributed by atoms with van der Waals surface area (Å²) in [5.41, 5.74) is 2.99. The van der Waals surface area contributed by atoms with Crippen LogP contribution < -0.4 is 10.1 Å². The Morgan fingerprint density at radius 2 is 2.00 bits per heavy atom. The maximum Gasteiger partial charge on any atom is 0.170 e. The summed E-state index contributed by atoms with van der Waals surface area (Å²) in [5, 5.41) is 8.39. The zero-order chi connectivity index (χ0) is 23.1. The molecule has 7 heteroatoms.